The van der Waals surface area contributed by atoms with Crippen molar-refractivity contribution < 1.29 is 9.66 Å². The number of nitrogens with zero attached hydrogens (tertiary/aromatic N) is 4. The van der Waals surface area contributed by atoms with E-state index >= 15 is 0 Å². The molecule has 9 heteroatoms. The van der Waals surface area contributed by atoms with Crippen LogP contribution in [0.2, 0.25) is 0 Å². The predicted octanol–water partition coefficient (Wildman–Crippen LogP) is 3.21. The first kappa shape index (κ1) is 15.5. The lowest BCUT2D eigenvalue weighted by molar-refractivity contribution is -0.384. The third-order valence-corrected chi connectivity index (χ3v) is 4.93. The Balaban J connectivity index is 1.64. The Labute approximate surface area is 147 Å². The van der Waals surface area contributed by atoms with Crippen LogP contribution in [0.3, 0.4) is 0 Å². The van der Waals surface area contributed by atoms with Gasteiger partial charge in [0.1, 0.15) is 11.1 Å². The topological polar surface area (TPSA) is 95.1 Å². The Bertz CT molecular complexity index is 941. The Morgan fingerprint density at radius 2 is 1.96 bits per heavy atom. The van der Waals surface area contributed by atoms with Gasteiger partial charge in [-0.1, -0.05) is 30.0 Å². The summed E-state index contributed by atoms with van der Waals surface area (Å²) in [4.78, 5) is 10.4. The van der Waals surface area contributed by atoms with Crippen molar-refractivity contribution in [3.63, 3.8) is 0 Å². The van der Waals surface area contributed by atoms with Gasteiger partial charge in [-0.15, -0.1) is 10.2 Å². The number of hydrogen-bond acceptors (Lipinski definition) is 7. The number of rotatable bonds is 4. The number of benzene rings is 2. The van der Waals surface area contributed by atoms with Gasteiger partial charge in [0.2, 0.25) is 5.16 Å². The molecule has 3 aromatic rings. The van der Waals surface area contributed by atoms with E-state index in [9.17, 15) is 10.1 Å². The molecule has 126 valence electrons. The van der Waals surface area contributed by atoms with Gasteiger partial charge in [0.05, 0.1) is 12.0 Å². The van der Waals surface area contributed by atoms with Gasteiger partial charge < -0.3 is 10.2 Å². The van der Waals surface area contributed by atoms with E-state index in [2.05, 4.69) is 15.6 Å². The van der Waals surface area contributed by atoms with Crippen molar-refractivity contribution >= 4 is 17.4 Å². The third kappa shape index (κ3) is 2.68. The molecular formula is C16H13N5O3S. The summed E-state index contributed by atoms with van der Waals surface area (Å²) in [5.74, 6) is 1.40. The van der Waals surface area contributed by atoms with Gasteiger partial charge in [0.25, 0.3) is 5.69 Å². The van der Waals surface area contributed by atoms with Crippen LogP contribution in [0, 0.1) is 10.1 Å². The number of hydrogen-bond donors (Lipinski definition) is 1. The van der Waals surface area contributed by atoms with Crippen LogP contribution in [0.5, 0.6) is 5.75 Å². The largest absolute Gasteiger partial charge is 0.496 e. The van der Waals surface area contributed by atoms with Crippen LogP contribution in [0.25, 0.3) is 11.4 Å². The van der Waals surface area contributed by atoms with Crippen LogP contribution < -0.4 is 10.2 Å². The number of thioether (sulfide) groups is 1. The molecule has 8 nitrogen and oxygen atoms in total. The van der Waals surface area contributed by atoms with Crippen molar-refractivity contribution in [3.8, 4) is 17.1 Å². The zero-order chi connectivity index (χ0) is 17.4. The van der Waals surface area contributed by atoms with Crippen LogP contribution in [-0.2, 0) is 0 Å². The van der Waals surface area contributed by atoms with E-state index in [0.29, 0.717) is 5.82 Å². The van der Waals surface area contributed by atoms with Gasteiger partial charge in [-0.05, 0) is 18.2 Å². The monoisotopic (exact) mass is 355 g/mol. The first-order valence-corrected chi connectivity index (χ1v) is 8.31. The summed E-state index contributed by atoms with van der Waals surface area (Å²) in [5, 5.41) is 19.8. The molecule has 1 aliphatic rings. The molecule has 0 amide bonds. The van der Waals surface area contributed by atoms with E-state index in [0.717, 1.165) is 22.0 Å². The van der Waals surface area contributed by atoms with Crippen molar-refractivity contribution in [3.05, 3.63) is 64.2 Å². The number of nitro groups is 1. The molecule has 0 spiro atoms. The van der Waals surface area contributed by atoms with Gasteiger partial charge in [-0.3, -0.25) is 10.1 Å². The fraction of sp³-hybridized carbons (Fsp3) is 0.125. The Kier molecular flexibility index (Phi) is 3.77. The van der Waals surface area contributed by atoms with Crippen LogP contribution in [0.1, 0.15) is 10.9 Å². The van der Waals surface area contributed by atoms with Crippen LogP contribution >= 0.6 is 11.8 Å². The standard InChI is InChI=1S/C16H13N5O3S/c1-24-13-5-3-2-4-12(13)15-19-20-14(17-18-16(20)25-15)10-6-8-11(9-7-10)21(22)23/h2-9,15,19H,1H3/t15-/m0/s1. The van der Waals surface area contributed by atoms with Crippen LogP contribution in [0.15, 0.2) is 53.7 Å². The second kappa shape index (κ2) is 6.10. The lowest BCUT2D eigenvalue weighted by Crippen LogP contribution is -2.14. The Hall–Kier alpha value is -3.07. The minimum atomic E-state index is -0.427. The highest BCUT2D eigenvalue weighted by Crippen LogP contribution is 2.43. The molecule has 25 heavy (non-hydrogen) atoms. The smallest absolute Gasteiger partial charge is 0.269 e. The molecule has 1 aliphatic heterocycles. The van der Waals surface area contributed by atoms with Gasteiger partial charge >= 0.3 is 0 Å². The van der Waals surface area contributed by atoms with E-state index in [1.807, 2.05) is 24.3 Å². The highest BCUT2D eigenvalue weighted by Gasteiger charge is 2.29. The van der Waals surface area contributed by atoms with Crippen molar-refractivity contribution in [1.29, 1.82) is 0 Å². The summed E-state index contributed by atoms with van der Waals surface area (Å²) in [6.07, 6.45) is 0. The number of ether oxygens (including phenoxy) is 1. The Morgan fingerprint density at radius 3 is 2.68 bits per heavy atom. The summed E-state index contributed by atoms with van der Waals surface area (Å²) < 4.78 is 7.22. The highest BCUT2D eigenvalue weighted by molar-refractivity contribution is 7.99. The summed E-state index contributed by atoms with van der Waals surface area (Å²) in [5.41, 5.74) is 5.15. The normalized spacial score (nSPS) is 15.5. The zero-order valence-corrected chi connectivity index (χ0v) is 13.9. The molecule has 4 rings (SSSR count). The molecular weight excluding hydrogens is 342 g/mol. The maximum absolute atomic E-state index is 10.8. The second-order valence-electron chi connectivity index (χ2n) is 5.31. The molecule has 2 aromatic carbocycles. The third-order valence-electron chi connectivity index (χ3n) is 3.86. The molecule has 2 heterocycles. The highest BCUT2D eigenvalue weighted by atomic mass is 32.2. The lowest BCUT2D eigenvalue weighted by atomic mass is 10.2. The van der Waals surface area contributed by atoms with E-state index in [1.165, 1.54) is 23.9 Å². The number of aromatic nitrogens is 3. The number of non-ortho nitro benzene ring substituents is 1. The fourth-order valence-electron chi connectivity index (χ4n) is 2.65. The Morgan fingerprint density at radius 1 is 1.20 bits per heavy atom. The maximum atomic E-state index is 10.8. The number of para-hydroxylation sites is 1. The quantitative estimate of drug-likeness (QED) is 0.567. The van der Waals surface area contributed by atoms with Gasteiger partial charge in [-0.25, -0.2) is 4.68 Å². The number of nitrogens with one attached hydrogen (secondary N) is 1. The average Bonchev–Trinajstić information content (AvgIpc) is 3.22. The maximum Gasteiger partial charge on any atom is 0.269 e. The van der Waals surface area contributed by atoms with E-state index in [4.69, 9.17) is 4.74 Å². The summed E-state index contributed by atoms with van der Waals surface area (Å²) in [6.45, 7) is 0. The summed E-state index contributed by atoms with van der Waals surface area (Å²) in [6, 6.07) is 14.0. The predicted molar refractivity (Wildman–Crippen MR) is 93.1 cm³/mol. The number of fused-ring (bicyclic) bond motifs is 1. The lowest BCUT2D eigenvalue weighted by Gasteiger charge is -2.15. The first-order valence-electron chi connectivity index (χ1n) is 7.44. The molecule has 1 atom stereocenters. The van der Waals surface area contributed by atoms with E-state index in [1.54, 1.807) is 23.9 Å². The minimum Gasteiger partial charge on any atom is -0.496 e. The molecule has 0 unspecified atom stereocenters. The van der Waals surface area contributed by atoms with Crippen LogP contribution in [0.4, 0.5) is 5.69 Å². The van der Waals surface area contributed by atoms with Crippen LogP contribution in [-0.4, -0.2) is 26.9 Å². The van der Waals surface area contributed by atoms with Crippen molar-refractivity contribution in [2.24, 2.45) is 0 Å². The molecule has 0 bridgehead atoms. The van der Waals surface area contributed by atoms with Crippen molar-refractivity contribution in [1.82, 2.24) is 14.9 Å². The molecule has 0 saturated heterocycles. The number of methoxy groups -OCH3 is 1. The first-order chi connectivity index (χ1) is 12.2. The molecule has 1 N–H and O–H groups in total. The zero-order valence-electron chi connectivity index (χ0n) is 13.1. The number of nitro benzene ring substituents is 1. The minimum absolute atomic E-state index is 0.0409. The van der Waals surface area contributed by atoms with Crippen molar-refractivity contribution in [2.45, 2.75) is 10.5 Å². The molecule has 0 aliphatic carbocycles. The molecule has 1 aromatic heterocycles. The average molecular weight is 355 g/mol. The van der Waals surface area contributed by atoms with Gasteiger partial charge in [0.15, 0.2) is 5.82 Å². The molecule has 0 saturated carbocycles. The van der Waals surface area contributed by atoms with Gasteiger partial charge in [0, 0.05) is 23.3 Å². The SMILES string of the molecule is COc1ccccc1[C@H]1Nn2c(nnc2-c2ccc([N+](=O)[O-])cc2)S1. The molecule has 0 fully saturated rings. The molecule has 0 radical (unpaired) electrons. The van der Waals surface area contributed by atoms with Crippen molar-refractivity contribution in [2.75, 3.05) is 12.5 Å². The van der Waals surface area contributed by atoms with E-state index < -0.39 is 4.92 Å². The second-order valence-corrected chi connectivity index (χ2v) is 6.39. The summed E-state index contributed by atoms with van der Waals surface area (Å²) >= 11 is 1.53. The summed E-state index contributed by atoms with van der Waals surface area (Å²) in [7, 11) is 1.64. The van der Waals surface area contributed by atoms with Gasteiger partial charge in [-0.2, -0.15) is 0 Å². The fourth-order valence-corrected chi connectivity index (χ4v) is 3.67. The van der Waals surface area contributed by atoms with E-state index in [-0.39, 0.29) is 11.1 Å².